The first kappa shape index (κ1) is 21.5. The lowest BCUT2D eigenvalue weighted by atomic mass is 10.0. The highest BCUT2D eigenvalue weighted by molar-refractivity contribution is 6.20. The molecule has 0 aliphatic carbocycles. The van der Waals surface area contributed by atoms with Gasteiger partial charge in [-0.15, -0.1) is 24.0 Å². The van der Waals surface area contributed by atoms with Crippen LogP contribution in [0.3, 0.4) is 0 Å². The van der Waals surface area contributed by atoms with Gasteiger partial charge in [-0.1, -0.05) is 12.1 Å². The largest absolute Gasteiger partial charge is 0.322 e. The fourth-order valence-electron chi connectivity index (χ4n) is 3.32. The first-order valence-electron chi connectivity index (χ1n) is 9.02. The molecule has 6 heteroatoms. The summed E-state index contributed by atoms with van der Waals surface area (Å²) in [5, 5.41) is 1.33. The molecule has 2 heterocycles. The minimum Gasteiger partial charge on any atom is -0.322 e. The van der Waals surface area contributed by atoms with Crippen LogP contribution in [0, 0.1) is 19.7 Å². The van der Waals surface area contributed by atoms with E-state index in [9.17, 15) is 4.39 Å². The van der Waals surface area contributed by atoms with E-state index in [1.165, 1.54) is 28.8 Å². The first-order valence-corrected chi connectivity index (χ1v) is 9.46. The quantitative estimate of drug-likeness (QED) is 0.501. The lowest BCUT2D eigenvalue weighted by molar-refractivity contribution is 0.560. The van der Waals surface area contributed by atoms with E-state index < -0.39 is 0 Å². The molecule has 3 rings (SSSR count). The molecule has 146 valence electrons. The summed E-state index contributed by atoms with van der Waals surface area (Å²) in [6, 6.07) is 8.96. The first-order chi connectivity index (χ1) is 12.5. The second kappa shape index (κ2) is 9.43. The van der Waals surface area contributed by atoms with Gasteiger partial charge in [-0.25, -0.2) is 4.39 Å². The second-order valence-electron chi connectivity index (χ2n) is 6.95. The zero-order valence-corrected chi connectivity index (χ0v) is 17.4. The van der Waals surface area contributed by atoms with Gasteiger partial charge < -0.3 is 5.43 Å². The van der Waals surface area contributed by atoms with Gasteiger partial charge in [-0.2, -0.15) is 0 Å². The summed E-state index contributed by atoms with van der Waals surface area (Å²) < 4.78 is 15.3. The number of fused-ring (bicyclic) bond motifs is 1. The summed E-state index contributed by atoms with van der Waals surface area (Å²) in [5.74, 6) is -0.207. The molecule has 1 N–H and O–H groups in total. The molecule has 3 nitrogen and oxygen atoms in total. The predicted molar refractivity (Wildman–Crippen MR) is 114 cm³/mol. The highest BCUT2D eigenvalue weighted by Crippen LogP contribution is 2.24. The van der Waals surface area contributed by atoms with Crippen LogP contribution in [-0.2, 0) is 6.42 Å². The number of alkyl halides is 1. The summed E-state index contributed by atoms with van der Waals surface area (Å²) in [6.07, 6.45) is 6.37. The van der Waals surface area contributed by atoms with Crippen molar-refractivity contribution in [1.82, 2.24) is 9.66 Å². The fraction of sp³-hybridized carbons (Fsp3) is 0.381. The summed E-state index contributed by atoms with van der Waals surface area (Å²) >= 11 is 6.18. The molecular formula is C21H26Cl2FN3. The maximum Gasteiger partial charge on any atom is 0.123 e. The van der Waals surface area contributed by atoms with Crippen molar-refractivity contribution in [3.63, 3.8) is 0 Å². The van der Waals surface area contributed by atoms with Gasteiger partial charge in [0.15, 0.2) is 0 Å². The third kappa shape index (κ3) is 5.14. The molecule has 0 aliphatic heterocycles. The molecule has 0 amide bonds. The molecule has 0 saturated heterocycles. The zero-order valence-electron chi connectivity index (χ0n) is 15.9. The second-order valence-corrected chi connectivity index (χ2v) is 7.70. The van der Waals surface area contributed by atoms with Crippen LogP contribution in [-0.4, -0.2) is 21.1 Å². The number of pyridine rings is 1. The third-order valence-corrected chi connectivity index (χ3v) is 5.16. The third-order valence-electron chi connectivity index (χ3n) is 4.94. The van der Waals surface area contributed by atoms with E-state index in [1.54, 1.807) is 0 Å². The summed E-state index contributed by atoms with van der Waals surface area (Å²) in [6.45, 7) is 6.26. The number of rotatable bonds is 7. The standard InChI is InChI=1S/C21H25ClFN3.ClH/c1-14(22)4-9-19(12-17-5-7-18(23)8-6-17)25-26-16(3)15(2)20-10-11-24-13-21(20)26;/h5-8,10-11,13-14,19,25H,4,9,12H2,1-3H3;1H. The number of aromatic nitrogens is 2. The molecule has 0 fully saturated rings. The van der Waals surface area contributed by atoms with Gasteiger partial charge in [-0.05, 0) is 69.4 Å². The van der Waals surface area contributed by atoms with E-state index >= 15 is 0 Å². The van der Waals surface area contributed by atoms with Crippen LogP contribution < -0.4 is 5.43 Å². The number of halogens is 3. The Morgan fingerprint density at radius 2 is 1.85 bits per heavy atom. The Morgan fingerprint density at radius 3 is 2.52 bits per heavy atom. The normalized spacial score (nSPS) is 13.2. The molecule has 0 saturated carbocycles. The van der Waals surface area contributed by atoms with Gasteiger partial charge in [0.05, 0.1) is 11.7 Å². The topological polar surface area (TPSA) is 29.9 Å². The van der Waals surface area contributed by atoms with Crippen molar-refractivity contribution in [2.75, 3.05) is 5.43 Å². The predicted octanol–water partition coefficient (Wildman–Crippen LogP) is 5.78. The van der Waals surface area contributed by atoms with Crippen LogP contribution in [0.25, 0.3) is 10.9 Å². The minimum atomic E-state index is -0.207. The monoisotopic (exact) mass is 409 g/mol. The van der Waals surface area contributed by atoms with Crippen LogP contribution in [0.4, 0.5) is 4.39 Å². The minimum absolute atomic E-state index is 0. The number of nitrogens with zero attached hydrogens (tertiary/aromatic N) is 2. The Hall–Kier alpha value is -1.78. The van der Waals surface area contributed by atoms with Crippen molar-refractivity contribution in [1.29, 1.82) is 0 Å². The fourth-order valence-corrected chi connectivity index (χ4v) is 3.45. The maximum absolute atomic E-state index is 13.2. The molecule has 3 aromatic rings. The van der Waals surface area contributed by atoms with E-state index in [2.05, 4.69) is 28.9 Å². The van der Waals surface area contributed by atoms with Crippen molar-refractivity contribution in [3.05, 3.63) is 65.4 Å². The Kier molecular flexibility index (Phi) is 7.51. The molecule has 1 aromatic carbocycles. The van der Waals surface area contributed by atoms with Gasteiger partial charge in [-0.3, -0.25) is 9.66 Å². The molecule has 0 bridgehead atoms. The zero-order chi connectivity index (χ0) is 18.7. The van der Waals surface area contributed by atoms with E-state index in [0.717, 1.165) is 30.3 Å². The van der Waals surface area contributed by atoms with E-state index in [-0.39, 0.29) is 29.6 Å². The highest BCUT2D eigenvalue weighted by atomic mass is 35.5. The summed E-state index contributed by atoms with van der Waals surface area (Å²) in [7, 11) is 0. The van der Waals surface area contributed by atoms with Crippen molar-refractivity contribution >= 4 is 34.9 Å². The average molecular weight is 410 g/mol. The molecular weight excluding hydrogens is 384 g/mol. The van der Waals surface area contributed by atoms with Crippen LogP contribution >= 0.6 is 24.0 Å². The summed E-state index contributed by atoms with van der Waals surface area (Å²) in [4.78, 5) is 4.28. The molecule has 0 spiro atoms. The van der Waals surface area contributed by atoms with Gasteiger partial charge >= 0.3 is 0 Å². The molecule has 2 atom stereocenters. The van der Waals surface area contributed by atoms with Crippen molar-refractivity contribution in [3.8, 4) is 0 Å². The van der Waals surface area contributed by atoms with Gasteiger partial charge in [0.1, 0.15) is 5.82 Å². The molecule has 2 aromatic heterocycles. The lowest BCUT2D eigenvalue weighted by Gasteiger charge is -2.23. The Morgan fingerprint density at radius 1 is 1.15 bits per heavy atom. The van der Waals surface area contributed by atoms with Crippen molar-refractivity contribution < 1.29 is 4.39 Å². The van der Waals surface area contributed by atoms with Crippen LogP contribution in [0.1, 0.15) is 36.6 Å². The lowest BCUT2D eigenvalue weighted by Crippen LogP contribution is -2.31. The number of hydrogen-bond donors (Lipinski definition) is 1. The van der Waals surface area contributed by atoms with Gasteiger partial charge in [0.25, 0.3) is 0 Å². The molecule has 2 unspecified atom stereocenters. The Bertz CT molecular complexity index is 875. The number of aryl methyl sites for hydroxylation is 1. The maximum atomic E-state index is 13.2. The number of benzene rings is 1. The van der Waals surface area contributed by atoms with Gasteiger partial charge in [0.2, 0.25) is 0 Å². The van der Waals surface area contributed by atoms with Gasteiger partial charge in [0, 0.05) is 28.7 Å². The molecule has 0 aliphatic rings. The summed E-state index contributed by atoms with van der Waals surface area (Å²) in [5.41, 5.74) is 8.26. The smallest absolute Gasteiger partial charge is 0.123 e. The average Bonchev–Trinajstić information content (AvgIpc) is 2.86. The highest BCUT2D eigenvalue weighted by Gasteiger charge is 2.16. The van der Waals surface area contributed by atoms with Crippen LogP contribution in [0.5, 0.6) is 0 Å². The van der Waals surface area contributed by atoms with Crippen molar-refractivity contribution in [2.45, 2.75) is 51.5 Å². The van der Waals surface area contributed by atoms with E-state index in [4.69, 9.17) is 11.6 Å². The van der Waals surface area contributed by atoms with Crippen LogP contribution in [0.2, 0.25) is 0 Å². The van der Waals surface area contributed by atoms with E-state index in [0.29, 0.717) is 0 Å². The van der Waals surface area contributed by atoms with Crippen LogP contribution in [0.15, 0.2) is 42.7 Å². The van der Waals surface area contributed by atoms with Crippen molar-refractivity contribution in [2.24, 2.45) is 0 Å². The number of hydrogen-bond acceptors (Lipinski definition) is 2. The SMILES string of the molecule is Cc1c(C)n(NC(CCC(C)Cl)Cc2ccc(F)cc2)c2cnccc12.Cl. The molecule has 0 radical (unpaired) electrons. The van der Waals surface area contributed by atoms with E-state index in [1.807, 2.05) is 37.5 Å². The Labute approximate surface area is 171 Å². The molecule has 27 heavy (non-hydrogen) atoms. The number of nitrogens with one attached hydrogen (secondary N) is 1. The Balaban J connectivity index is 0.00000261.